The van der Waals surface area contributed by atoms with Crippen LogP contribution in [0.25, 0.3) is 11.4 Å². The summed E-state index contributed by atoms with van der Waals surface area (Å²) in [6, 6.07) is 15.1. The second-order valence-corrected chi connectivity index (χ2v) is 8.15. The van der Waals surface area contributed by atoms with E-state index in [2.05, 4.69) is 36.2 Å². The van der Waals surface area contributed by atoms with E-state index in [1.165, 1.54) is 41.1 Å². The molecule has 1 N–H and O–H groups in total. The van der Waals surface area contributed by atoms with Crippen molar-refractivity contribution in [1.29, 1.82) is 0 Å². The zero-order chi connectivity index (χ0) is 20.4. The van der Waals surface area contributed by atoms with Crippen molar-refractivity contribution in [3.63, 3.8) is 0 Å². The molecule has 1 unspecified atom stereocenters. The predicted octanol–water partition coefficient (Wildman–Crippen LogP) is 3.03. The fourth-order valence-corrected chi connectivity index (χ4v) is 4.20. The number of anilines is 1. The van der Waals surface area contributed by atoms with Gasteiger partial charge in [0.1, 0.15) is 12.4 Å². The largest absolute Gasteiger partial charge is 0.371 e. The molecule has 2 aromatic carbocycles. The second kappa shape index (κ2) is 8.47. The van der Waals surface area contributed by atoms with Gasteiger partial charge in [0.25, 0.3) is 0 Å². The van der Waals surface area contributed by atoms with Crippen LogP contribution in [-0.4, -0.2) is 34.5 Å². The SMILES string of the molecule is Cn1c(-c2ccc(F)cc2)nn(C[NH+](C)Cc2ccccc2N2CCCC2)c1=S. The Hall–Kier alpha value is -2.51. The van der Waals surface area contributed by atoms with Gasteiger partial charge >= 0.3 is 0 Å². The zero-order valence-corrected chi connectivity index (χ0v) is 17.8. The number of nitrogens with one attached hydrogen (secondary N) is 1. The second-order valence-electron chi connectivity index (χ2n) is 7.79. The summed E-state index contributed by atoms with van der Waals surface area (Å²) in [7, 11) is 4.07. The van der Waals surface area contributed by atoms with E-state index < -0.39 is 0 Å². The maximum absolute atomic E-state index is 13.3. The highest BCUT2D eigenvalue weighted by Gasteiger charge is 2.18. The van der Waals surface area contributed by atoms with Crippen molar-refractivity contribution in [3.05, 3.63) is 64.7 Å². The molecule has 7 heteroatoms. The number of quaternary nitrogens is 1. The first-order chi connectivity index (χ1) is 14.0. The van der Waals surface area contributed by atoms with Crippen molar-refractivity contribution >= 4 is 17.9 Å². The molecule has 4 rings (SSSR count). The average molecular weight is 413 g/mol. The molecule has 3 aromatic rings. The Balaban J connectivity index is 1.52. The van der Waals surface area contributed by atoms with Crippen molar-refractivity contribution in [3.8, 4) is 11.4 Å². The standard InChI is InChI=1S/C22H26FN5S/c1-25(15-18-7-3-4-8-20(18)27-13-5-6-14-27)16-28-22(29)26(2)21(24-28)17-9-11-19(23)12-10-17/h3-4,7-12H,5-6,13-16H2,1-2H3/p+1. The van der Waals surface area contributed by atoms with E-state index >= 15 is 0 Å². The minimum atomic E-state index is -0.254. The average Bonchev–Trinajstić information content (AvgIpc) is 3.34. The first-order valence-electron chi connectivity index (χ1n) is 10.1. The highest BCUT2D eigenvalue weighted by atomic mass is 32.1. The van der Waals surface area contributed by atoms with Crippen LogP contribution in [0, 0.1) is 10.6 Å². The minimum absolute atomic E-state index is 0.254. The highest BCUT2D eigenvalue weighted by Crippen LogP contribution is 2.24. The van der Waals surface area contributed by atoms with E-state index in [0.717, 1.165) is 31.0 Å². The van der Waals surface area contributed by atoms with Gasteiger partial charge in [-0.05, 0) is 55.4 Å². The van der Waals surface area contributed by atoms with Crippen LogP contribution in [0.2, 0.25) is 0 Å². The number of para-hydroxylation sites is 1. The van der Waals surface area contributed by atoms with Crippen molar-refractivity contribution in [1.82, 2.24) is 14.3 Å². The predicted molar refractivity (Wildman–Crippen MR) is 116 cm³/mol. The van der Waals surface area contributed by atoms with Crippen molar-refractivity contribution in [2.45, 2.75) is 26.1 Å². The Morgan fingerprint density at radius 3 is 2.48 bits per heavy atom. The molecule has 0 radical (unpaired) electrons. The summed E-state index contributed by atoms with van der Waals surface area (Å²) in [5.41, 5.74) is 3.56. The van der Waals surface area contributed by atoms with Crippen molar-refractivity contribution in [2.75, 3.05) is 25.0 Å². The summed E-state index contributed by atoms with van der Waals surface area (Å²) < 4.78 is 17.7. The number of rotatable bonds is 6. The Kier molecular flexibility index (Phi) is 5.78. The van der Waals surface area contributed by atoms with E-state index in [4.69, 9.17) is 17.3 Å². The Morgan fingerprint density at radius 1 is 1.07 bits per heavy atom. The Labute approximate surface area is 176 Å². The molecule has 1 aliphatic rings. The van der Waals surface area contributed by atoms with Crippen LogP contribution in [0.15, 0.2) is 48.5 Å². The van der Waals surface area contributed by atoms with E-state index in [9.17, 15) is 4.39 Å². The molecule has 5 nitrogen and oxygen atoms in total. The number of nitrogens with zero attached hydrogens (tertiary/aromatic N) is 4. The molecule has 1 saturated heterocycles. The topological polar surface area (TPSA) is 30.4 Å². The molecular weight excluding hydrogens is 385 g/mol. The maximum Gasteiger partial charge on any atom is 0.202 e. The summed E-state index contributed by atoms with van der Waals surface area (Å²) in [5, 5.41) is 4.71. The Morgan fingerprint density at radius 2 is 1.76 bits per heavy atom. The first-order valence-corrected chi connectivity index (χ1v) is 10.5. The molecule has 2 heterocycles. The van der Waals surface area contributed by atoms with Gasteiger partial charge in [-0.15, -0.1) is 5.10 Å². The van der Waals surface area contributed by atoms with Crippen LogP contribution >= 0.6 is 12.2 Å². The van der Waals surface area contributed by atoms with Gasteiger partial charge < -0.3 is 14.4 Å². The highest BCUT2D eigenvalue weighted by molar-refractivity contribution is 7.71. The lowest BCUT2D eigenvalue weighted by Crippen LogP contribution is -3.07. The lowest BCUT2D eigenvalue weighted by Gasteiger charge is -2.23. The maximum atomic E-state index is 13.3. The van der Waals surface area contributed by atoms with Gasteiger partial charge in [-0.2, -0.15) is 4.68 Å². The lowest BCUT2D eigenvalue weighted by molar-refractivity contribution is -0.917. The molecular formula is C22H27FN5S+. The van der Waals surface area contributed by atoms with Gasteiger partial charge in [-0.1, -0.05) is 18.2 Å². The van der Waals surface area contributed by atoms with Crippen LogP contribution in [0.3, 0.4) is 0 Å². The summed E-state index contributed by atoms with van der Waals surface area (Å²) in [6.07, 6.45) is 2.54. The molecule has 1 aliphatic heterocycles. The van der Waals surface area contributed by atoms with Crippen LogP contribution in [0.4, 0.5) is 10.1 Å². The third-order valence-electron chi connectivity index (χ3n) is 5.49. The van der Waals surface area contributed by atoms with Crippen LogP contribution in [0.1, 0.15) is 18.4 Å². The molecule has 1 aromatic heterocycles. The monoisotopic (exact) mass is 412 g/mol. The molecule has 0 bridgehead atoms. The molecule has 152 valence electrons. The van der Waals surface area contributed by atoms with Gasteiger partial charge in [-0.3, -0.25) is 0 Å². The van der Waals surface area contributed by atoms with E-state index in [1.807, 2.05) is 16.3 Å². The lowest BCUT2D eigenvalue weighted by atomic mass is 10.1. The van der Waals surface area contributed by atoms with E-state index in [-0.39, 0.29) is 5.82 Å². The summed E-state index contributed by atoms with van der Waals surface area (Å²) >= 11 is 5.60. The Bertz CT molecular complexity index is 1030. The molecule has 0 spiro atoms. The summed E-state index contributed by atoms with van der Waals surface area (Å²) in [5.74, 6) is 0.496. The third-order valence-corrected chi connectivity index (χ3v) is 5.98. The quantitative estimate of drug-likeness (QED) is 0.632. The fraction of sp³-hybridized carbons (Fsp3) is 0.364. The summed E-state index contributed by atoms with van der Waals surface area (Å²) in [4.78, 5) is 3.79. The van der Waals surface area contributed by atoms with Crippen molar-refractivity contribution in [2.24, 2.45) is 7.05 Å². The molecule has 1 atom stereocenters. The normalized spacial score (nSPS) is 15.1. The van der Waals surface area contributed by atoms with Crippen LogP contribution in [-0.2, 0) is 20.3 Å². The van der Waals surface area contributed by atoms with E-state index in [0.29, 0.717) is 11.4 Å². The minimum Gasteiger partial charge on any atom is -0.371 e. The number of aromatic nitrogens is 3. The smallest absolute Gasteiger partial charge is 0.202 e. The third kappa shape index (κ3) is 4.26. The number of hydrogen-bond acceptors (Lipinski definition) is 3. The van der Waals surface area contributed by atoms with Gasteiger partial charge in [0.2, 0.25) is 4.77 Å². The first kappa shape index (κ1) is 19.8. The van der Waals surface area contributed by atoms with Gasteiger partial charge in [0, 0.05) is 37.0 Å². The van der Waals surface area contributed by atoms with E-state index in [1.54, 1.807) is 12.1 Å². The molecule has 1 fully saturated rings. The summed E-state index contributed by atoms with van der Waals surface area (Å²) in [6.45, 7) is 3.85. The van der Waals surface area contributed by atoms with Gasteiger partial charge in [-0.25, -0.2) is 4.39 Å². The molecule has 29 heavy (non-hydrogen) atoms. The number of halogens is 1. The van der Waals surface area contributed by atoms with Crippen LogP contribution in [0.5, 0.6) is 0 Å². The van der Waals surface area contributed by atoms with Crippen molar-refractivity contribution < 1.29 is 9.29 Å². The molecule has 0 saturated carbocycles. The van der Waals surface area contributed by atoms with Crippen LogP contribution < -0.4 is 9.80 Å². The number of hydrogen-bond donors (Lipinski definition) is 1. The van der Waals surface area contributed by atoms with Gasteiger partial charge in [0.05, 0.1) is 7.05 Å². The number of benzene rings is 2. The zero-order valence-electron chi connectivity index (χ0n) is 16.9. The van der Waals surface area contributed by atoms with Gasteiger partial charge in [0.15, 0.2) is 12.5 Å². The fourth-order valence-electron chi connectivity index (χ4n) is 4.00. The molecule has 0 amide bonds. The molecule has 0 aliphatic carbocycles.